The first-order valence-electron chi connectivity index (χ1n) is 3.91. The van der Waals surface area contributed by atoms with Crippen molar-refractivity contribution in [3.63, 3.8) is 0 Å². The van der Waals surface area contributed by atoms with Gasteiger partial charge in [0.2, 0.25) is 0 Å². The number of benzene rings is 1. The van der Waals surface area contributed by atoms with Gasteiger partial charge in [0.15, 0.2) is 5.13 Å². The van der Waals surface area contributed by atoms with Gasteiger partial charge in [-0.05, 0) is 24.6 Å². The minimum atomic E-state index is 0.582. The quantitative estimate of drug-likeness (QED) is 0.757. The predicted molar refractivity (Wildman–Crippen MR) is 55.3 cm³/mol. The van der Waals surface area contributed by atoms with E-state index in [9.17, 15) is 0 Å². The molecule has 0 radical (unpaired) electrons. The Labute approximate surface area is 80.2 Å². The minimum Gasteiger partial charge on any atom is -0.494 e. The van der Waals surface area contributed by atoms with Gasteiger partial charge in [-0.25, -0.2) is 4.98 Å². The van der Waals surface area contributed by atoms with Crippen molar-refractivity contribution >= 4 is 26.7 Å². The van der Waals surface area contributed by atoms with Crippen LogP contribution in [0.3, 0.4) is 0 Å². The average molecular weight is 194 g/mol. The van der Waals surface area contributed by atoms with E-state index in [1.165, 1.54) is 11.3 Å². The van der Waals surface area contributed by atoms with E-state index in [4.69, 9.17) is 10.5 Å². The number of ether oxygens (including phenoxy) is 1. The van der Waals surface area contributed by atoms with Crippen molar-refractivity contribution < 1.29 is 4.74 Å². The standard InChI is InChI=1S/C9H10N2OS/c1-5-3-6(12-2)8-7(4-5)13-9(10)11-8/h3-4H,1-2H3,(H2,10,11). The van der Waals surface area contributed by atoms with Crippen molar-refractivity contribution in [2.24, 2.45) is 0 Å². The third-order valence-electron chi connectivity index (χ3n) is 1.84. The molecule has 4 heteroatoms. The second kappa shape index (κ2) is 2.88. The van der Waals surface area contributed by atoms with Gasteiger partial charge in [0, 0.05) is 0 Å². The van der Waals surface area contributed by atoms with Gasteiger partial charge in [0.25, 0.3) is 0 Å². The predicted octanol–water partition coefficient (Wildman–Crippen LogP) is 2.20. The number of hydrogen-bond acceptors (Lipinski definition) is 4. The normalized spacial score (nSPS) is 10.6. The number of nitrogens with two attached hydrogens (primary N) is 1. The van der Waals surface area contributed by atoms with Crippen LogP contribution in [-0.2, 0) is 0 Å². The van der Waals surface area contributed by atoms with Gasteiger partial charge in [-0.1, -0.05) is 11.3 Å². The molecule has 1 aromatic carbocycles. The molecule has 3 nitrogen and oxygen atoms in total. The fraction of sp³-hybridized carbons (Fsp3) is 0.222. The summed E-state index contributed by atoms with van der Waals surface area (Å²) in [6.07, 6.45) is 0. The van der Waals surface area contributed by atoms with E-state index >= 15 is 0 Å². The molecule has 0 aliphatic carbocycles. The number of hydrogen-bond donors (Lipinski definition) is 1. The molecule has 0 saturated carbocycles. The molecule has 0 aliphatic rings. The van der Waals surface area contributed by atoms with Crippen molar-refractivity contribution in [1.82, 2.24) is 4.98 Å². The molecule has 0 fully saturated rings. The van der Waals surface area contributed by atoms with Gasteiger partial charge in [0.1, 0.15) is 11.3 Å². The zero-order chi connectivity index (χ0) is 9.42. The molecule has 2 N–H and O–H groups in total. The first-order chi connectivity index (χ1) is 6.20. The molecular formula is C9H10N2OS. The Morgan fingerprint density at radius 1 is 1.46 bits per heavy atom. The van der Waals surface area contributed by atoms with Crippen LogP contribution in [0, 0.1) is 6.92 Å². The summed E-state index contributed by atoms with van der Waals surface area (Å²) in [5.41, 5.74) is 7.63. The molecule has 1 aromatic heterocycles. The molecule has 68 valence electrons. The number of nitrogen functional groups attached to an aromatic ring is 1. The molecule has 2 aromatic rings. The van der Waals surface area contributed by atoms with Crippen LogP contribution in [0.2, 0.25) is 0 Å². The number of thiazole rings is 1. The highest BCUT2D eigenvalue weighted by molar-refractivity contribution is 7.22. The van der Waals surface area contributed by atoms with Crippen molar-refractivity contribution in [1.29, 1.82) is 0 Å². The number of fused-ring (bicyclic) bond motifs is 1. The third kappa shape index (κ3) is 1.33. The highest BCUT2D eigenvalue weighted by Crippen LogP contribution is 2.31. The topological polar surface area (TPSA) is 48.1 Å². The highest BCUT2D eigenvalue weighted by Gasteiger charge is 2.07. The largest absolute Gasteiger partial charge is 0.494 e. The number of aromatic nitrogens is 1. The molecule has 0 unspecified atom stereocenters. The number of anilines is 1. The van der Waals surface area contributed by atoms with Gasteiger partial charge in [-0.3, -0.25) is 0 Å². The van der Waals surface area contributed by atoms with Crippen LogP contribution in [0.15, 0.2) is 12.1 Å². The lowest BCUT2D eigenvalue weighted by Crippen LogP contribution is -1.86. The van der Waals surface area contributed by atoms with Gasteiger partial charge in [-0.2, -0.15) is 0 Å². The third-order valence-corrected chi connectivity index (χ3v) is 2.67. The Kier molecular flexibility index (Phi) is 1.84. The van der Waals surface area contributed by atoms with E-state index in [0.717, 1.165) is 21.5 Å². The summed E-state index contributed by atoms with van der Waals surface area (Å²) >= 11 is 1.48. The highest BCUT2D eigenvalue weighted by atomic mass is 32.1. The zero-order valence-electron chi connectivity index (χ0n) is 7.50. The van der Waals surface area contributed by atoms with E-state index in [1.807, 2.05) is 13.0 Å². The van der Waals surface area contributed by atoms with Gasteiger partial charge in [-0.15, -0.1) is 0 Å². The van der Waals surface area contributed by atoms with E-state index in [0.29, 0.717) is 5.13 Å². The Balaban J connectivity index is 2.80. The van der Waals surface area contributed by atoms with Crippen molar-refractivity contribution in [3.8, 4) is 5.75 Å². The lowest BCUT2D eigenvalue weighted by Gasteiger charge is -2.01. The Morgan fingerprint density at radius 3 is 2.92 bits per heavy atom. The minimum absolute atomic E-state index is 0.582. The first-order valence-corrected chi connectivity index (χ1v) is 4.73. The zero-order valence-corrected chi connectivity index (χ0v) is 8.31. The van der Waals surface area contributed by atoms with Gasteiger partial charge in [0.05, 0.1) is 11.8 Å². The maximum Gasteiger partial charge on any atom is 0.181 e. The summed E-state index contributed by atoms with van der Waals surface area (Å²) in [7, 11) is 1.64. The van der Waals surface area contributed by atoms with Gasteiger partial charge >= 0.3 is 0 Å². The van der Waals surface area contributed by atoms with E-state index < -0.39 is 0 Å². The average Bonchev–Trinajstić information content (AvgIpc) is 2.43. The molecule has 0 saturated heterocycles. The van der Waals surface area contributed by atoms with Crippen LogP contribution in [0.1, 0.15) is 5.56 Å². The van der Waals surface area contributed by atoms with E-state index in [2.05, 4.69) is 11.1 Å². The molecular weight excluding hydrogens is 184 g/mol. The fourth-order valence-electron chi connectivity index (χ4n) is 1.30. The second-order valence-corrected chi connectivity index (χ2v) is 3.93. The summed E-state index contributed by atoms with van der Waals surface area (Å²) in [6, 6.07) is 4.02. The number of nitrogens with zero attached hydrogens (tertiary/aromatic N) is 1. The molecule has 2 rings (SSSR count). The first kappa shape index (κ1) is 8.31. The molecule has 0 amide bonds. The maximum atomic E-state index is 5.62. The van der Waals surface area contributed by atoms with Crippen LogP contribution in [0.25, 0.3) is 10.2 Å². The van der Waals surface area contributed by atoms with Gasteiger partial charge < -0.3 is 10.5 Å². The summed E-state index contributed by atoms with van der Waals surface area (Å²) in [6.45, 7) is 2.03. The number of methoxy groups -OCH3 is 1. The second-order valence-electron chi connectivity index (χ2n) is 2.87. The van der Waals surface area contributed by atoms with Crippen LogP contribution in [-0.4, -0.2) is 12.1 Å². The summed E-state index contributed by atoms with van der Waals surface area (Å²) in [5, 5.41) is 0.582. The summed E-state index contributed by atoms with van der Waals surface area (Å²) < 4.78 is 6.29. The Bertz CT molecular complexity index is 450. The summed E-state index contributed by atoms with van der Waals surface area (Å²) in [4.78, 5) is 4.20. The fourth-order valence-corrected chi connectivity index (χ4v) is 2.15. The molecule has 0 atom stereocenters. The summed E-state index contributed by atoms with van der Waals surface area (Å²) in [5.74, 6) is 0.794. The number of aryl methyl sites for hydroxylation is 1. The smallest absolute Gasteiger partial charge is 0.181 e. The molecule has 0 bridgehead atoms. The molecule has 0 spiro atoms. The lowest BCUT2D eigenvalue weighted by atomic mass is 10.2. The maximum absolute atomic E-state index is 5.62. The van der Waals surface area contributed by atoms with Crippen molar-refractivity contribution in [2.75, 3.05) is 12.8 Å². The molecule has 1 heterocycles. The van der Waals surface area contributed by atoms with Crippen LogP contribution in [0.5, 0.6) is 5.75 Å². The van der Waals surface area contributed by atoms with E-state index in [-0.39, 0.29) is 0 Å². The Hall–Kier alpha value is -1.29. The molecule has 13 heavy (non-hydrogen) atoms. The van der Waals surface area contributed by atoms with Crippen LogP contribution < -0.4 is 10.5 Å². The van der Waals surface area contributed by atoms with Crippen LogP contribution >= 0.6 is 11.3 Å². The number of rotatable bonds is 1. The Morgan fingerprint density at radius 2 is 2.23 bits per heavy atom. The SMILES string of the molecule is COc1cc(C)cc2sc(N)nc12. The van der Waals surface area contributed by atoms with Crippen molar-refractivity contribution in [2.45, 2.75) is 6.92 Å². The molecule has 0 aliphatic heterocycles. The van der Waals surface area contributed by atoms with Crippen LogP contribution in [0.4, 0.5) is 5.13 Å². The van der Waals surface area contributed by atoms with E-state index in [1.54, 1.807) is 7.11 Å². The monoisotopic (exact) mass is 194 g/mol. The van der Waals surface area contributed by atoms with Crippen molar-refractivity contribution in [3.05, 3.63) is 17.7 Å². The lowest BCUT2D eigenvalue weighted by molar-refractivity contribution is 0.419.